The summed E-state index contributed by atoms with van der Waals surface area (Å²) in [5, 5.41) is 45.8. The van der Waals surface area contributed by atoms with Crippen molar-refractivity contribution >= 4 is 23.2 Å². The third kappa shape index (κ3) is 3.93. The second-order valence-corrected chi connectivity index (χ2v) is 12.0. The Morgan fingerprint density at radius 3 is 2.42 bits per heavy atom. The van der Waals surface area contributed by atoms with Gasteiger partial charge < -0.3 is 26.2 Å². The highest BCUT2D eigenvalue weighted by molar-refractivity contribution is 6.24. The molecule has 1 unspecified atom stereocenters. The van der Waals surface area contributed by atoms with Gasteiger partial charge in [-0.05, 0) is 62.7 Å². The Labute approximate surface area is 233 Å². The van der Waals surface area contributed by atoms with Crippen LogP contribution in [0.2, 0.25) is 0 Å². The lowest BCUT2D eigenvalue weighted by Gasteiger charge is -2.56. The number of aliphatic hydroxyl groups excluding tert-OH is 2. The number of ketones is 2. The number of nitrogens with two attached hydrogens (primary N) is 1. The molecule has 4 aliphatic rings. The van der Waals surface area contributed by atoms with E-state index in [2.05, 4.69) is 6.58 Å². The maximum Gasteiger partial charge on any atom is 0.255 e. The molecule has 6 atom stereocenters. The maximum absolute atomic E-state index is 14.4. The predicted molar refractivity (Wildman–Crippen MR) is 148 cm³/mol. The molecular weight excluding hydrogens is 512 g/mol. The normalized spacial score (nSPS) is 32.2. The molecule has 5 rings (SSSR count). The second kappa shape index (κ2) is 10.2. The van der Waals surface area contributed by atoms with Gasteiger partial charge in [0.2, 0.25) is 5.78 Å². The lowest BCUT2D eigenvalue weighted by Crippen LogP contribution is -2.68. The number of carbonyl (C=O) groups excluding carboxylic acids is 3. The van der Waals surface area contributed by atoms with Crippen molar-refractivity contribution < 1.29 is 34.8 Å². The highest BCUT2D eigenvalue weighted by Crippen LogP contribution is 2.60. The summed E-state index contributed by atoms with van der Waals surface area (Å²) in [4.78, 5) is 41.9. The number of aliphatic hydroxyl groups is 3. The third-order valence-electron chi connectivity index (χ3n) is 9.78. The molecule has 1 aromatic carbocycles. The van der Waals surface area contributed by atoms with Crippen molar-refractivity contribution in [2.45, 2.75) is 62.5 Å². The van der Waals surface area contributed by atoms with Crippen LogP contribution in [-0.2, 0) is 14.4 Å². The zero-order valence-corrected chi connectivity index (χ0v) is 23.0. The SMILES string of the molecule is C=CC[C@H]1[C@H]2C(=C(O)c3c(O)cccc3[C@@H]2CCC2CCCC2)C(=O)[C@]2(O)C(O)=C(C(N)=O)C(=O)C(N(C)C)[C@H]12. The molecule has 9 nitrogen and oxygen atoms in total. The van der Waals surface area contributed by atoms with Crippen molar-refractivity contribution in [1.29, 1.82) is 0 Å². The Kier molecular flexibility index (Phi) is 7.17. The Morgan fingerprint density at radius 2 is 1.82 bits per heavy atom. The minimum atomic E-state index is -2.70. The number of nitrogens with zero attached hydrogens (tertiary/aromatic N) is 1. The van der Waals surface area contributed by atoms with Crippen molar-refractivity contribution in [3.05, 3.63) is 58.9 Å². The van der Waals surface area contributed by atoms with Gasteiger partial charge in [-0.25, -0.2) is 0 Å². The molecule has 4 aliphatic carbocycles. The molecule has 1 aromatic rings. The van der Waals surface area contributed by atoms with Crippen LogP contribution in [-0.4, -0.2) is 68.5 Å². The molecule has 6 N–H and O–H groups in total. The minimum Gasteiger partial charge on any atom is -0.508 e. The number of fused-ring (bicyclic) bond motifs is 3. The van der Waals surface area contributed by atoms with E-state index in [1.165, 1.54) is 23.8 Å². The highest BCUT2D eigenvalue weighted by atomic mass is 16.3. The fourth-order valence-corrected chi connectivity index (χ4v) is 8.15. The maximum atomic E-state index is 14.4. The number of benzene rings is 1. The van der Waals surface area contributed by atoms with Crippen LogP contribution < -0.4 is 5.73 Å². The van der Waals surface area contributed by atoms with E-state index in [9.17, 15) is 34.8 Å². The van der Waals surface area contributed by atoms with E-state index in [4.69, 9.17) is 5.73 Å². The van der Waals surface area contributed by atoms with Crippen LogP contribution in [0.25, 0.3) is 5.76 Å². The Bertz CT molecular complexity index is 1340. The molecule has 2 saturated carbocycles. The number of Topliss-reactive ketones (excluding diaryl/α,β-unsaturated/α-hetero) is 2. The number of phenols is 1. The average molecular weight is 551 g/mol. The average Bonchev–Trinajstić information content (AvgIpc) is 3.41. The second-order valence-electron chi connectivity index (χ2n) is 12.0. The van der Waals surface area contributed by atoms with Gasteiger partial charge in [0.1, 0.15) is 22.8 Å². The number of rotatable bonds is 7. The van der Waals surface area contributed by atoms with Gasteiger partial charge in [0.15, 0.2) is 11.4 Å². The zero-order valence-electron chi connectivity index (χ0n) is 23.0. The van der Waals surface area contributed by atoms with Gasteiger partial charge in [0.25, 0.3) is 5.91 Å². The molecule has 0 radical (unpaired) electrons. The summed E-state index contributed by atoms with van der Waals surface area (Å²) in [5.74, 6) is -6.95. The van der Waals surface area contributed by atoms with E-state index in [0.717, 1.165) is 19.3 Å². The predicted octanol–water partition coefficient (Wildman–Crippen LogP) is 3.28. The summed E-state index contributed by atoms with van der Waals surface area (Å²) in [7, 11) is 3.21. The molecule has 214 valence electrons. The van der Waals surface area contributed by atoms with Crippen molar-refractivity contribution in [2.75, 3.05) is 14.1 Å². The Morgan fingerprint density at radius 1 is 1.15 bits per heavy atom. The molecule has 1 amide bonds. The Balaban J connectivity index is 1.78. The van der Waals surface area contributed by atoms with Gasteiger partial charge in [-0.3, -0.25) is 19.3 Å². The summed E-state index contributed by atoms with van der Waals surface area (Å²) >= 11 is 0. The van der Waals surface area contributed by atoms with Crippen LogP contribution >= 0.6 is 0 Å². The van der Waals surface area contributed by atoms with Crippen LogP contribution in [0.5, 0.6) is 5.75 Å². The number of allylic oxidation sites excluding steroid dienone is 1. The molecule has 0 bridgehead atoms. The van der Waals surface area contributed by atoms with Gasteiger partial charge >= 0.3 is 0 Å². The van der Waals surface area contributed by atoms with Crippen LogP contribution in [0.4, 0.5) is 0 Å². The number of phenolic OH excluding ortho intramolecular Hbond substituents is 1. The first-order valence-electron chi connectivity index (χ1n) is 14.0. The number of carbonyl (C=O) groups is 3. The topological polar surface area (TPSA) is 161 Å². The smallest absolute Gasteiger partial charge is 0.255 e. The molecule has 40 heavy (non-hydrogen) atoms. The lowest BCUT2D eigenvalue weighted by molar-refractivity contribution is -0.161. The van der Waals surface area contributed by atoms with Crippen LogP contribution in [0.15, 0.2) is 47.8 Å². The van der Waals surface area contributed by atoms with Crippen LogP contribution in [0.1, 0.15) is 62.0 Å². The summed E-state index contributed by atoms with van der Waals surface area (Å²) in [5.41, 5.74) is 2.67. The van der Waals surface area contributed by atoms with E-state index in [1.54, 1.807) is 26.2 Å². The largest absolute Gasteiger partial charge is 0.508 e. The van der Waals surface area contributed by atoms with Crippen molar-refractivity contribution in [3.63, 3.8) is 0 Å². The van der Waals surface area contributed by atoms with Crippen molar-refractivity contribution in [3.8, 4) is 5.75 Å². The fraction of sp³-hybridized carbons (Fsp3) is 0.516. The molecule has 0 saturated heterocycles. The third-order valence-corrected chi connectivity index (χ3v) is 9.78. The number of hydrogen-bond acceptors (Lipinski definition) is 8. The van der Waals surface area contributed by atoms with Gasteiger partial charge in [-0.1, -0.05) is 43.9 Å². The summed E-state index contributed by atoms with van der Waals surface area (Å²) < 4.78 is 0. The standard InChI is InChI=1S/C31H38N2O7/c1-4-8-18-20-17(14-13-15-9-5-6-10-15)16-11-7-12-19(34)21(16)26(35)22(20)28(37)31(40)24(18)25(33(2)3)27(36)23(29(31)38)30(32)39/h4,7,11-12,15,17-18,20,24-25,34-35,38,40H,1,5-6,8-10,13-14H2,2-3H3,(H2,32,39)/t17-,18-,20-,24-,25?,31-/m0/s1. The number of hydrogen-bond donors (Lipinski definition) is 5. The van der Waals surface area contributed by atoms with E-state index >= 15 is 0 Å². The van der Waals surface area contributed by atoms with Crippen molar-refractivity contribution in [1.82, 2.24) is 4.90 Å². The molecular formula is C31H38N2O7. The van der Waals surface area contributed by atoms with Gasteiger partial charge in [-0.2, -0.15) is 0 Å². The molecule has 0 heterocycles. The summed E-state index contributed by atoms with van der Waals surface area (Å²) in [6.07, 6.45) is 8.06. The van der Waals surface area contributed by atoms with Gasteiger partial charge in [0, 0.05) is 17.4 Å². The fourth-order valence-electron chi connectivity index (χ4n) is 8.15. The first kappa shape index (κ1) is 28.1. The number of primary amides is 1. The first-order valence-corrected chi connectivity index (χ1v) is 14.0. The highest BCUT2D eigenvalue weighted by Gasteiger charge is 2.68. The Hall–Kier alpha value is -3.43. The molecule has 0 aliphatic heterocycles. The van der Waals surface area contributed by atoms with Crippen LogP contribution in [0.3, 0.4) is 0 Å². The van der Waals surface area contributed by atoms with Crippen LogP contribution in [0, 0.1) is 23.7 Å². The first-order chi connectivity index (χ1) is 19.0. The summed E-state index contributed by atoms with van der Waals surface area (Å²) in [6.45, 7) is 3.90. The van der Waals surface area contributed by atoms with E-state index in [0.29, 0.717) is 17.9 Å². The number of likely N-dealkylation sites (N-methyl/N-ethyl adjacent to an activating group) is 1. The summed E-state index contributed by atoms with van der Waals surface area (Å²) in [6, 6.07) is 3.83. The molecule has 0 aromatic heterocycles. The molecule has 0 spiro atoms. The lowest BCUT2D eigenvalue weighted by atomic mass is 9.50. The molecule has 2 fully saturated rings. The molecule has 9 heteroatoms. The number of amides is 1. The van der Waals surface area contributed by atoms with E-state index < -0.39 is 64.0 Å². The van der Waals surface area contributed by atoms with E-state index in [-0.39, 0.29) is 29.2 Å². The quantitative estimate of drug-likeness (QED) is 0.255. The van der Waals surface area contributed by atoms with Gasteiger partial charge in [-0.15, -0.1) is 6.58 Å². The number of aromatic hydroxyl groups is 1. The van der Waals surface area contributed by atoms with Gasteiger partial charge in [0.05, 0.1) is 11.6 Å². The monoisotopic (exact) mass is 550 g/mol. The minimum absolute atomic E-state index is 0.113. The van der Waals surface area contributed by atoms with E-state index in [1.807, 2.05) is 6.07 Å². The zero-order chi connectivity index (χ0) is 29.1. The van der Waals surface area contributed by atoms with Crippen molar-refractivity contribution in [2.24, 2.45) is 29.4 Å².